The van der Waals surface area contributed by atoms with Gasteiger partial charge in [-0.2, -0.15) is 10.1 Å². The Morgan fingerprint density at radius 3 is 2.52 bits per heavy atom. The van der Waals surface area contributed by atoms with Crippen molar-refractivity contribution in [2.24, 2.45) is 0 Å². The summed E-state index contributed by atoms with van der Waals surface area (Å²) >= 11 is 0. The summed E-state index contributed by atoms with van der Waals surface area (Å²) in [7, 11) is 1.64. The first-order chi connectivity index (χ1) is 13.2. The number of amides is 1. The van der Waals surface area contributed by atoms with Gasteiger partial charge in [-0.1, -0.05) is 42.5 Å². The lowest BCUT2D eigenvalue weighted by molar-refractivity contribution is -0.120. The smallest absolute Gasteiger partial charge is 0.222 e. The third-order valence-corrected chi connectivity index (χ3v) is 4.81. The Balaban J connectivity index is 1.82. The molecule has 2 N–H and O–H groups in total. The van der Waals surface area contributed by atoms with E-state index >= 15 is 0 Å². The Hall–Kier alpha value is -3.35. The number of carbonyl (C=O) groups excluding carboxylic acids is 1. The minimum Gasteiger partial charge on any atom is -0.497 e. The Morgan fingerprint density at radius 2 is 1.85 bits per heavy atom. The van der Waals surface area contributed by atoms with Gasteiger partial charge in [-0.3, -0.25) is 4.79 Å². The number of benzene rings is 2. The van der Waals surface area contributed by atoms with Crippen LogP contribution < -0.4 is 15.4 Å². The first-order valence-corrected chi connectivity index (χ1v) is 8.79. The standard InChI is InChI=1S/C20H21N5O2/c1-13(26)23-18-17(14-8-10-16(27-2)11-9-14)24-20-21-12-22-25(20)19(18)15-6-4-3-5-7-15/h3-12,17-19H,1-2H3,(H,23,26)(H,21,22,24)/t17-,18-,19+/m0/s1. The molecule has 7 heteroatoms. The van der Waals surface area contributed by atoms with E-state index in [0.29, 0.717) is 5.95 Å². The summed E-state index contributed by atoms with van der Waals surface area (Å²) in [5, 5.41) is 10.9. The molecule has 3 aromatic rings. The van der Waals surface area contributed by atoms with Gasteiger partial charge in [0.05, 0.1) is 19.2 Å². The summed E-state index contributed by atoms with van der Waals surface area (Å²) in [6, 6.07) is 17.3. The third-order valence-electron chi connectivity index (χ3n) is 4.81. The average Bonchev–Trinajstić information content (AvgIpc) is 3.16. The van der Waals surface area contributed by atoms with E-state index in [9.17, 15) is 4.79 Å². The Labute approximate surface area is 157 Å². The predicted molar refractivity (Wildman–Crippen MR) is 102 cm³/mol. The summed E-state index contributed by atoms with van der Waals surface area (Å²) in [5.41, 5.74) is 2.09. The highest BCUT2D eigenvalue weighted by atomic mass is 16.5. The molecule has 2 heterocycles. The van der Waals surface area contributed by atoms with Crippen molar-refractivity contribution in [2.75, 3.05) is 12.4 Å². The number of hydrogen-bond donors (Lipinski definition) is 2. The second kappa shape index (κ2) is 7.11. The van der Waals surface area contributed by atoms with Crippen molar-refractivity contribution in [3.8, 4) is 5.75 Å². The van der Waals surface area contributed by atoms with E-state index in [1.807, 2.05) is 59.3 Å². The first kappa shape index (κ1) is 17.1. The molecular weight excluding hydrogens is 342 g/mol. The zero-order valence-corrected chi connectivity index (χ0v) is 15.2. The van der Waals surface area contributed by atoms with Crippen LogP contribution in [0.1, 0.15) is 30.1 Å². The Kier molecular flexibility index (Phi) is 4.50. The fourth-order valence-electron chi connectivity index (χ4n) is 3.62. The number of rotatable bonds is 4. The van der Waals surface area contributed by atoms with Crippen molar-refractivity contribution in [2.45, 2.75) is 25.0 Å². The lowest BCUT2D eigenvalue weighted by atomic mass is 9.88. The molecule has 0 saturated heterocycles. The molecule has 0 unspecified atom stereocenters. The van der Waals surface area contributed by atoms with E-state index in [4.69, 9.17) is 4.74 Å². The summed E-state index contributed by atoms with van der Waals surface area (Å²) in [6.45, 7) is 1.53. The molecule has 1 aliphatic heterocycles. The van der Waals surface area contributed by atoms with Crippen LogP contribution >= 0.6 is 0 Å². The van der Waals surface area contributed by atoms with Crippen molar-refractivity contribution < 1.29 is 9.53 Å². The van der Waals surface area contributed by atoms with Crippen LogP contribution in [0, 0.1) is 0 Å². The normalized spacial score (nSPS) is 21.0. The molecule has 1 aliphatic rings. The van der Waals surface area contributed by atoms with Crippen LogP contribution in [-0.4, -0.2) is 33.8 Å². The van der Waals surface area contributed by atoms with E-state index in [2.05, 4.69) is 20.7 Å². The number of nitrogens with zero attached hydrogens (tertiary/aromatic N) is 3. The molecular formula is C20H21N5O2. The quantitative estimate of drug-likeness (QED) is 0.745. The van der Waals surface area contributed by atoms with Crippen molar-refractivity contribution in [3.63, 3.8) is 0 Å². The largest absolute Gasteiger partial charge is 0.497 e. The van der Waals surface area contributed by atoms with Gasteiger partial charge >= 0.3 is 0 Å². The molecule has 0 bridgehead atoms. The van der Waals surface area contributed by atoms with E-state index in [0.717, 1.165) is 16.9 Å². The van der Waals surface area contributed by atoms with Crippen LogP contribution in [0.2, 0.25) is 0 Å². The second-order valence-electron chi connectivity index (χ2n) is 6.51. The van der Waals surface area contributed by atoms with E-state index in [1.165, 1.54) is 13.3 Å². The van der Waals surface area contributed by atoms with Crippen LogP contribution in [-0.2, 0) is 4.79 Å². The summed E-state index contributed by atoms with van der Waals surface area (Å²) in [4.78, 5) is 16.4. The molecule has 2 aromatic carbocycles. The maximum absolute atomic E-state index is 12.0. The summed E-state index contributed by atoms with van der Waals surface area (Å²) in [5.74, 6) is 1.37. The molecule has 0 spiro atoms. The van der Waals surface area contributed by atoms with Gasteiger partial charge in [0.1, 0.15) is 18.1 Å². The minimum absolute atomic E-state index is 0.0928. The van der Waals surface area contributed by atoms with Gasteiger partial charge in [-0.15, -0.1) is 0 Å². The molecule has 1 amide bonds. The second-order valence-corrected chi connectivity index (χ2v) is 6.51. The van der Waals surface area contributed by atoms with Gasteiger partial charge in [0.2, 0.25) is 11.9 Å². The Bertz CT molecular complexity index is 923. The van der Waals surface area contributed by atoms with Crippen LogP contribution in [0.4, 0.5) is 5.95 Å². The number of aromatic nitrogens is 3. The molecule has 0 fully saturated rings. The van der Waals surface area contributed by atoms with Gasteiger partial charge in [0.25, 0.3) is 0 Å². The van der Waals surface area contributed by atoms with Crippen molar-refractivity contribution in [1.82, 2.24) is 20.1 Å². The van der Waals surface area contributed by atoms with Gasteiger partial charge in [0, 0.05) is 6.92 Å². The van der Waals surface area contributed by atoms with Gasteiger partial charge in [0.15, 0.2) is 0 Å². The minimum atomic E-state index is -0.243. The van der Waals surface area contributed by atoms with E-state index in [-0.39, 0.29) is 24.0 Å². The fourth-order valence-corrected chi connectivity index (χ4v) is 3.62. The molecule has 7 nitrogen and oxygen atoms in total. The topological polar surface area (TPSA) is 81.1 Å². The lowest BCUT2D eigenvalue weighted by Gasteiger charge is -2.40. The molecule has 4 rings (SSSR count). The van der Waals surface area contributed by atoms with Gasteiger partial charge in [-0.25, -0.2) is 4.68 Å². The van der Waals surface area contributed by atoms with Crippen molar-refractivity contribution in [3.05, 3.63) is 72.1 Å². The molecule has 1 aromatic heterocycles. The van der Waals surface area contributed by atoms with Crippen LogP contribution in [0.3, 0.4) is 0 Å². The SMILES string of the molecule is COc1ccc([C@@H]2Nc3ncnn3[C@H](c3ccccc3)[C@H]2NC(C)=O)cc1. The molecule has 138 valence electrons. The van der Waals surface area contributed by atoms with Gasteiger partial charge in [-0.05, 0) is 23.3 Å². The monoisotopic (exact) mass is 363 g/mol. The zero-order chi connectivity index (χ0) is 18.8. The summed E-state index contributed by atoms with van der Waals surface area (Å²) < 4.78 is 7.09. The summed E-state index contributed by atoms with van der Waals surface area (Å²) in [6.07, 6.45) is 1.53. The highest BCUT2D eigenvalue weighted by Crippen LogP contribution is 2.38. The highest BCUT2D eigenvalue weighted by molar-refractivity contribution is 5.73. The first-order valence-electron chi connectivity index (χ1n) is 8.79. The number of methoxy groups -OCH3 is 1. The molecule has 27 heavy (non-hydrogen) atoms. The average molecular weight is 363 g/mol. The number of hydrogen-bond acceptors (Lipinski definition) is 5. The molecule has 0 radical (unpaired) electrons. The van der Waals surface area contributed by atoms with E-state index < -0.39 is 0 Å². The lowest BCUT2D eigenvalue weighted by Crippen LogP contribution is -2.50. The van der Waals surface area contributed by atoms with Gasteiger partial charge < -0.3 is 15.4 Å². The number of anilines is 1. The molecule has 0 saturated carbocycles. The van der Waals surface area contributed by atoms with Crippen LogP contribution in [0.15, 0.2) is 60.9 Å². The van der Waals surface area contributed by atoms with Crippen molar-refractivity contribution in [1.29, 1.82) is 0 Å². The number of carbonyl (C=O) groups is 1. The van der Waals surface area contributed by atoms with Crippen molar-refractivity contribution >= 4 is 11.9 Å². The maximum Gasteiger partial charge on any atom is 0.222 e. The Morgan fingerprint density at radius 1 is 1.11 bits per heavy atom. The predicted octanol–water partition coefficient (Wildman–Crippen LogP) is 2.55. The van der Waals surface area contributed by atoms with Crippen LogP contribution in [0.25, 0.3) is 0 Å². The number of nitrogens with one attached hydrogen (secondary N) is 2. The molecule has 3 atom stereocenters. The molecule has 0 aliphatic carbocycles. The maximum atomic E-state index is 12.0. The number of fused-ring (bicyclic) bond motifs is 1. The highest BCUT2D eigenvalue weighted by Gasteiger charge is 2.40. The fraction of sp³-hybridized carbons (Fsp3) is 0.250. The van der Waals surface area contributed by atoms with Crippen LogP contribution in [0.5, 0.6) is 5.75 Å². The third kappa shape index (κ3) is 3.23. The zero-order valence-electron chi connectivity index (χ0n) is 15.2. The van der Waals surface area contributed by atoms with E-state index in [1.54, 1.807) is 7.11 Å². The number of ether oxygens (including phenoxy) is 1.